The van der Waals surface area contributed by atoms with Crippen LogP contribution in [0.4, 0.5) is 0 Å². The Morgan fingerprint density at radius 3 is 2.15 bits per heavy atom. The molecule has 0 unspecified atom stereocenters. The predicted molar refractivity (Wildman–Crippen MR) is 91.1 cm³/mol. The van der Waals surface area contributed by atoms with E-state index in [1.807, 2.05) is 0 Å². The van der Waals surface area contributed by atoms with Crippen molar-refractivity contribution < 1.29 is 33.6 Å². The number of rotatable bonds is 6. The minimum atomic E-state index is -0.863. The molecule has 0 amide bonds. The first kappa shape index (κ1) is 19.2. The fourth-order valence-electron chi connectivity index (χ4n) is 2.59. The van der Waals surface area contributed by atoms with E-state index in [4.69, 9.17) is 18.6 Å². The van der Waals surface area contributed by atoms with Crippen LogP contribution in [-0.2, 0) is 9.53 Å². The van der Waals surface area contributed by atoms with Crippen molar-refractivity contribution >= 4 is 5.97 Å². The van der Waals surface area contributed by atoms with E-state index in [9.17, 15) is 19.8 Å². The monoisotopic (exact) mass is 364 g/mol. The lowest BCUT2D eigenvalue weighted by Gasteiger charge is -2.19. The minimum Gasteiger partial charge on any atom is -0.502 e. The van der Waals surface area contributed by atoms with Gasteiger partial charge in [0.15, 0.2) is 17.3 Å². The zero-order valence-electron chi connectivity index (χ0n) is 14.9. The van der Waals surface area contributed by atoms with Crippen LogP contribution in [0, 0.1) is 6.92 Å². The fraction of sp³-hybridized carbons (Fsp3) is 0.333. The second-order valence-corrected chi connectivity index (χ2v) is 5.54. The van der Waals surface area contributed by atoms with Crippen LogP contribution < -0.4 is 14.9 Å². The lowest BCUT2D eigenvalue weighted by atomic mass is 9.91. The SMILES string of the molecule is COC(=O)C[C@H](c1cc(OC)c(O)c(OC)c1)c1oc(C)cc(=O)c1O. The third kappa shape index (κ3) is 3.74. The van der Waals surface area contributed by atoms with Crippen molar-refractivity contribution in [2.75, 3.05) is 21.3 Å². The summed E-state index contributed by atoms with van der Waals surface area (Å²) in [4.78, 5) is 23.8. The molecule has 2 aromatic rings. The van der Waals surface area contributed by atoms with Crippen LogP contribution in [-0.4, -0.2) is 37.5 Å². The third-order valence-corrected chi connectivity index (χ3v) is 3.89. The molecule has 26 heavy (non-hydrogen) atoms. The average molecular weight is 364 g/mol. The van der Waals surface area contributed by atoms with Crippen molar-refractivity contribution in [2.45, 2.75) is 19.3 Å². The first-order valence-electron chi connectivity index (χ1n) is 7.67. The highest BCUT2D eigenvalue weighted by molar-refractivity contribution is 5.71. The van der Waals surface area contributed by atoms with Crippen LogP contribution in [0.25, 0.3) is 0 Å². The summed E-state index contributed by atoms with van der Waals surface area (Å²) in [5.74, 6) is -1.87. The zero-order valence-corrected chi connectivity index (χ0v) is 14.9. The maximum absolute atomic E-state index is 11.9. The molecule has 0 aliphatic heterocycles. The van der Waals surface area contributed by atoms with E-state index in [1.165, 1.54) is 33.5 Å². The van der Waals surface area contributed by atoms with Gasteiger partial charge in [0.1, 0.15) is 5.76 Å². The normalized spacial score (nSPS) is 11.7. The molecule has 0 radical (unpaired) electrons. The van der Waals surface area contributed by atoms with E-state index >= 15 is 0 Å². The number of carbonyl (C=O) groups is 1. The first-order chi connectivity index (χ1) is 12.3. The maximum Gasteiger partial charge on any atom is 0.306 e. The Morgan fingerprint density at radius 1 is 1.08 bits per heavy atom. The Balaban J connectivity index is 2.71. The summed E-state index contributed by atoms with van der Waals surface area (Å²) in [6, 6.07) is 4.08. The molecule has 2 N–H and O–H groups in total. The van der Waals surface area contributed by atoms with Gasteiger partial charge in [-0.1, -0.05) is 0 Å². The molecule has 0 aliphatic rings. The third-order valence-electron chi connectivity index (χ3n) is 3.89. The van der Waals surface area contributed by atoms with E-state index in [2.05, 4.69) is 0 Å². The molecule has 0 spiro atoms. The maximum atomic E-state index is 11.9. The standard InChI is InChI=1S/C18H20O8/c1-9-5-12(19)16(21)18(26-9)11(8-15(20)25-4)10-6-13(23-2)17(22)14(7-10)24-3/h5-7,11,21-22H,8H2,1-4H3/t11-/m1/s1. The van der Waals surface area contributed by atoms with Crippen LogP contribution >= 0.6 is 0 Å². The number of ether oxygens (including phenoxy) is 3. The zero-order chi connectivity index (χ0) is 19.4. The van der Waals surface area contributed by atoms with Gasteiger partial charge >= 0.3 is 5.97 Å². The van der Waals surface area contributed by atoms with Crippen molar-refractivity contribution in [3.05, 3.63) is 45.5 Å². The van der Waals surface area contributed by atoms with E-state index < -0.39 is 23.1 Å². The van der Waals surface area contributed by atoms with Crippen LogP contribution in [0.15, 0.2) is 27.4 Å². The van der Waals surface area contributed by atoms with E-state index in [0.717, 1.165) is 6.07 Å². The summed E-state index contributed by atoms with van der Waals surface area (Å²) in [7, 11) is 3.94. The number of phenols is 1. The molecule has 0 saturated carbocycles. The summed E-state index contributed by atoms with van der Waals surface area (Å²) < 4.78 is 20.5. The molecule has 8 heteroatoms. The summed E-state index contributed by atoms with van der Waals surface area (Å²) in [5, 5.41) is 20.2. The molecule has 1 atom stereocenters. The van der Waals surface area contributed by atoms with Crippen LogP contribution in [0.5, 0.6) is 23.0 Å². The number of benzene rings is 1. The highest BCUT2D eigenvalue weighted by Crippen LogP contribution is 2.42. The van der Waals surface area contributed by atoms with Gasteiger partial charge in [-0.2, -0.15) is 0 Å². The number of aryl methyl sites for hydroxylation is 1. The van der Waals surface area contributed by atoms with E-state index in [0.29, 0.717) is 5.56 Å². The Bertz CT molecular complexity index is 843. The Hall–Kier alpha value is -3.16. The minimum absolute atomic E-state index is 0.0878. The average Bonchev–Trinajstić information content (AvgIpc) is 2.62. The highest BCUT2D eigenvalue weighted by Gasteiger charge is 2.28. The lowest BCUT2D eigenvalue weighted by Crippen LogP contribution is -2.14. The van der Waals surface area contributed by atoms with Crippen molar-refractivity contribution in [2.24, 2.45) is 0 Å². The quantitative estimate of drug-likeness (QED) is 0.749. The van der Waals surface area contributed by atoms with Crippen molar-refractivity contribution in [3.8, 4) is 23.0 Å². The van der Waals surface area contributed by atoms with Gasteiger partial charge in [-0.15, -0.1) is 0 Å². The number of esters is 1. The van der Waals surface area contributed by atoms with Gasteiger partial charge in [0.2, 0.25) is 16.9 Å². The molecule has 1 heterocycles. The molecular weight excluding hydrogens is 344 g/mol. The van der Waals surface area contributed by atoms with Crippen LogP contribution in [0.3, 0.4) is 0 Å². The van der Waals surface area contributed by atoms with Crippen LogP contribution in [0.2, 0.25) is 0 Å². The second-order valence-electron chi connectivity index (χ2n) is 5.54. The molecule has 1 aromatic carbocycles. The topological polar surface area (TPSA) is 115 Å². The molecule has 8 nitrogen and oxygen atoms in total. The number of methoxy groups -OCH3 is 3. The summed E-state index contributed by atoms with van der Waals surface area (Å²) in [6.07, 6.45) is -0.215. The molecule has 0 saturated heterocycles. The van der Waals surface area contributed by atoms with Crippen molar-refractivity contribution in [1.82, 2.24) is 0 Å². The van der Waals surface area contributed by atoms with Crippen molar-refractivity contribution in [3.63, 3.8) is 0 Å². The van der Waals surface area contributed by atoms with Crippen molar-refractivity contribution in [1.29, 1.82) is 0 Å². The Labute approximate surface area is 149 Å². The molecule has 140 valence electrons. The molecule has 0 aliphatic carbocycles. The smallest absolute Gasteiger partial charge is 0.306 e. The summed E-state index contributed by atoms with van der Waals surface area (Å²) in [5.41, 5.74) is -0.206. The molecule has 1 aromatic heterocycles. The van der Waals surface area contributed by atoms with Gasteiger partial charge in [-0.05, 0) is 24.6 Å². The number of phenolic OH excluding ortho intramolecular Hbond substituents is 1. The van der Waals surface area contributed by atoms with Gasteiger partial charge in [0, 0.05) is 6.07 Å². The molecule has 0 bridgehead atoms. The Kier molecular flexibility index (Phi) is 5.76. The van der Waals surface area contributed by atoms with Gasteiger partial charge in [0.05, 0.1) is 33.7 Å². The van der Waals surface area contributed by atoms with Gasteiger partial charge in [0.25, 0.3) is 0 Å². The number of hydrogen-bond acceptors (Lipinski definition) is 8. The van der Waals surface area contributed by atoms with Gasteiger partial charge in [-0.3, -0.25) is 9.59 Å². The van der Waals surface area contributed by atoms with Crippen LogP contribution in [0.1, 0.15) is 29.4 Å². The summed E-state index contributed by atoms with van der Waals surface area (Å²) in [6.45, 7) is 1.55. The Morgan fingerprint density at radius 2 is 1.65 bits per heavy atom. The predicted octanol–water partition coefficient (Wildman–Crippen LogP) is 2.07. The molecular formula is C18H20O8. The summed E-state index contributed by atoms with van der Waals surface area (Å²) >= 11 is 0. The largest absolute Gasteiger partial charge is 0.502 e. The number of aromatic hydroxyl groups is 2. The molecule has 0 fully saturated rings. The highest BCUT2D eigenvalue weighted by atomic mass is 16.5. The first-order valence-corrected chi connectivity index (χ1v) is 7.67. The van der Waals surface area contributed by atoms with Gasteiger partial charge < -0.3 is 28.8 Å². The number of carbonyl (C=O) groups excluding carboxylic acids is 1. The fourth-order valence-corrected chi connectivity index (χ4v) is 2.59. The lowest BCUT2D eigenvalue weighted by molar-refractivity contribution is -0.140. The van der Waals surface area contributed by atoms with E-state index in [1.54, 1.807) is 6.92 Å². The van der Waals surface area contributed by atoms with Gasteiger partial charge in [-0.25, -0.2) is 0 Å². The van der Waals surface area contributed by atoms with E-state index in [-0.39, 0.29) is 35.2 Å². The second kappa shape index (κ2) is 7.81. The molecule has 2 rings (SSSR count). The number of hydrogen-bond donors (Lipinski definition) is 2.